The predicted octanol–water partition coefficient (Wildman–Crippen LogP) is 0.640. The maximum absolute atomic E-state index is 11.6. The van der Waals surface area contributed by atoms with Crippen LogP contribution in [0.3, 0.4) is 0 Å². The Morgan fingerprint density at radius 1 is 1.56 bits per heavy atom. The van der Waals surface area contributed by atoms with Gasteiger partial charge in [0, 0.05) is 13.2 Å². The minimum atomic E-state index is -0.824. The Morgan fingerprint density at radius 2 is 2.31 bits per heavy atom. The van der Waals surface area contributed by atoms with Crippen LogP contribution < -0.4 is 5.32 Å². The van der Waals surface area contributed by atoms with Crippen molar-refractivity contribution < 1.29 is 19.4 Å². The number of hydrogen-bond donors (Lipinski definition) is 2. The fourth-order valence-corrected chi connectivity index (χ4v) is 1.63. The van der Waals surface area contributed by atoms with Gasteiger partial charge in [0.1, 0.15) is 0 Å². The number of carboxylic acid groups (broad SMARTS) is 1. The van der Waals surface area contributed by atoms with E-state index in [2.05, 4.69) is 5.32 Å². The summed E-state index contributed by atoms with van der Waals surface area (Å²) in [6.07, 6.45) is 2.25. The molecular weight excluding hydrogens is 210 g/mol. The zero-order valence-corrected chi connectivity index (χ0v) is 9.57. The smallest absolute Gasteiger partial charge is 0.306 e. The molecular formula is C11H19NO4. The molecule has 1 heterocycles. The van der Waals surface area contributed by atoms with Crippen LogP contribution in [-0.4, -0.2) is 36.7 Å². The highest BCUT2D eigenvalue weighted by Crippen LogP contribution is 2.13. The van der Waals surface area contributed by atoms with Gasteiger partial charge in [0.05, 0.1) is 18.4 Å². The van der Waals surface area contributed by atoms with Gasteiger partial charge in [-0.3, -0.25) is 9.59 Å². The first kappa shape index (κ1) is 13.0. The molecule has 16 heavy (non-hydrogen) atoms. The molecule has 92 valence electrons. The summed E-state index contributed by atoms with van der Waals surface area (Å²) in [6.45, 7) is 3.28. The lowest BCUT2D eigenvalue weighted by molar-refractivity contribution is -0.141. The largest absolute Gasteiger partial charge is 0.481 e. The maximum atomic E-state index is 11.6. The van der Waals surface area contributed by atoms with Crippen molar-refractivity contribution in [2.75, 3.05) is 19.8 Å². The average Bonchev–Trinajstić information content (AvgIpc) is 2.29. The van der Waals surface area contributed by atoms with Gasteiger partial charge in [-0.15, -0.1) is 0 Å². The van der Waals surface area contributed by atoms with Crippen LogP contribution in [0.1, 0.15) is 26.2 Å². The number of hydrogen-bond acceptors (Lipinski definition) is 3. The molecule has 1 aliphatic heterocycles. The lowest BCUT2D eigenvalue weighted by Crippen LogP contribution is -2.36. The predicted molar refractivity (Wildman–Crippen MR) is 58.0 cm³/mol. The highest BCUT2D eigenvalue weighted by molar-refractivity contribution is 5.78. The molecule has 0 radical (unpaired) electrons. The van der Waals surface area contributed by atoms with Crippen LogP contribution in [0.15, 0.2) is 0 Å². The van der Waals surface area contributed by atoms with Gasteiger partial charge in [0.2, 0.25) is 5.91 Å². The minimum absolute atomic E-state index is 0.0164. The molecule has 1 rings (SSSR count). The molecule has 1 saturated heterocycles. The van der Waals surface area contributed by atoms with E-state index in [1.165, 1.54) is 0 Å². The summed E-state index contributed by atoms with van der Waals surface area (Å²) in [6, 6.07) is 0. The summed E-state index contributed by atoms with van der Waals surface area (Å²) >= 11 is 0. The Labute approximate surface area is 95.2 Å². The molecule has 2 N–H and O–H groups in total. The number of carbonyl (C=O) groups is 2. The van der Waals surface area contributed by atoms with Gasteiger partial charge in [-0.2, -0.15) is 0 Å². The van der Waals surface area contributed by atoms with Crippen molar-refractivity contribution in [3.05, 3.63) is 0 Å². The Balaban J connectivity index is 2.16. The Hall–Kier alpha value is -1.10. The first-order valence-electron chi connectivity index (χ1n) is 5.69. The van der Waals surface area contributed by atoms with Crippen LogP contribution in [0.25, 0.3) is 0 Å². The Morgan fingerprint density at radius 3 is 2.88 bits per heavy atom. The van der Waals surface area contributed by atoms with Crippen molar-refractivity contribution >= 4 is 11.9 Å². The second-order valence-electron chi connectivity index (χ2n) is 4.23. The van der Waals surface area contributed by atoms with E-state index in [9.17, 15) is 9.59 Å². The summed E-state index contributed by atoms with van der Waals surface area (Å²) in [5, 5.41) is 11.4. The number of aliphatic carboxylic acids is 1. The topological polar surface area (TPSA) is 75.6 Å². The summed E-state index contributed by atoms with van der Waals surface area (Å²) in [7, 11) is 0. The summed E-state index contributed by atoms with van der Waals surface area (Å²) in [4.78, 5) is 22.2. The number of nitrogens with one attached hydrogen (secondary N) is 1. The van der Waals surface area contributed by atoms with Crippen LogP contribution in [0.4, 0.5) is 0 Å². The number of amides is 1. The van der Waals surface area contributed by atoms with Crippen molar-refractivity contribution in [1.29, 1.82) is 0 Å². The highest BCUT2D eigenvalue weighted by Gasteiger charge is 2.21. The van der Waals surface area contributed by atoms with Gasteiger partial charge in [-0.05, 0) is 19.3 Å². The highest BCUT2D eigenvalue weighted by atomic mass is 16.5. The first-order valence-corrected chi connectivity index (χ1v) is 5.69. The van der Waals surface area contributed by atoms with Crippen molar-refractivity contribution in [3.63, 3.8) is 0 Å². The summed E-state index contributed by atoms with van der Waals surface area (Å²) in [5.74, 6) is -1.32. The fraction of sp³-hybridized carbons (Fsp3) is 0.818. The molecule has 0 aliphatic carbocycles. The van der Waals surface area contributed by atoms with E-state index >= 15 is 0 Å². The molecule has 0 spiro atoms. The minimum Gasteiger partial charge on any atom is -0.481 e. The lowest BCUT2D eigenvalue weighted by atomic mass is 10.0. The Bertz CT molecular complexity index is 248. The zero-order chi connectivity index (χ0) is 12.0. The third kappa shape index (κ3) is 4.18. The van der Waals surface area contributed by atoms with E-state index < -0.39 is 11.9 Å². The van der Waals surface area contributed by atoms with E-state index in [0.717, 1.165) is 19.4 Å². The van der Waals surface area contributed by atoms with Crippen LogP contribution in [-0.2, 0) is 14.3 Å². The van der Waals surface area contributed by atoms with Crippen molar-refractivity contribution in [2.45, 2.75) is 26.2 Å². The van der Waals surface area contributed by atoms with Gasteiger partial charge in [0.25, 0.3) is 0 Å². The molecule has 0 aromatic rings. The number of carbonyl (C=O) groups excluding carboxylic acids is 1. The molecule has 1 aliphatic rings. The quantitative estimate of drug-likeness (QED) is 0.725. The summed E-state index contributed by atoms with van der Waals surface area (Å²) in [5.41, 5.74) is 0. The molecule has 0 aromatic heterocycles. The molecule has 5 heteroatoms. The first-order chi connectivity index (χ1) is 7.61. The second-order valence-corrected chi connectivity index (χ2v) is 4.23. The van der Waals surface area contributed by atoms with Crippen LogP contribution >= 0.6 is 0 Å². The van der Waals surface area contributed by atoms with E-state index in [-0.39, 0.29) is 11.8 Å². The van der Waals surface area contributed by atoms with Crippen molar-refractivity contribution in [3.8, 4) is 0 Å². The third-order valence-electron chi connectivity index (χ3n) is 2.83. The number of rotatable bonds is 5. The molecule has 0 saturated carbocycles. The van der Waals surface area contributed by atoms with E-state index in [4.69, 9.17) is 9.84 Å². The molecule has 2 atom stereocenters. The number of ether oxygens (including phenoxy) is 1. The normalized spacial score (nSPS) is 22.4. The van der Waals surface area contributed by atoms with Gasteiger partial charge in [-0.1, -0.05) is 6.92 Å². The SMILES string of the molecule is CC(CCNC(=O)C1CCCOC1)C(=O)O. The fourth-order valence-electron chi connectivity index (χ4n) is 1.63. The number of carboxylic acids is 1. The van der Waals surface area contributed by atoms with Crippen molar-refractivity contribution in [1.82, 2.24) is 5.32 Å². The monoisotopic (exact) mass is 229 g/mol. The molecule has 5 nitrogen and oxygen atoms in total. The Kier molecular flexibility index (Phi) is 5.25. The van der Waals surface area contributed by atoms with E-state index in [0.29, 0.717) is 19.6 Å². The molecule has 0 bridgehead atoms. The molecule has 0 aromatic carbocycles. The van der Waals surface area contributed by atoms with Gasteiger partial charge >= 0.3 is 5.97 Å². The van der Waals surface area contributed by atoms with Gasteiger partial charge in [0.15, 0.2) is 0 Å². The maximum Gasteiger partial charge on any atom is 0.306 e. The van der Waals surface area contributed by atoms with Crippen LogP contribution in [0.5, 0.6) is 0 Å². The van der Waals surface area contributed by atoms with Crippen LogP contribution in [0, 0.1) is 11.8 Å². The summed E-state index contributed by atoms with van der Waals surface area (Å²) < 4.78 is 5.21. The third-order valence-corrected chi connectivity index (χ3v) is 2.83. The lowest BCUT2D eigenvalue weighted by Gasteiger charge is -2.21. The molecule has 2 unspecified atom stereocenters. The van der Waals surface area contributed by atoms with Gasteiger partial charge in [-0.25, -0.2) is 0 Å². The van der Waals surface area contributed by atoms with Crippen LogP contribution in [0.2, 0.25) is 0 Å². The standard InChI is InChI=1S/C11H19NO4/c1-8(11(14)15)4-5-12-10(13)9-3-2-6-16-7-9/h8-9H,2-7H2,1H3,(H,12,13)(H,14,15). The molecule has 1 amide bonds. The van der Waals surface area contributed by atoms with E-state index in [1.54, 1.807) is 6.92 Å². The van der Waals surface area contributed by atoms with Crippen molar-refractivity contribution in [2.24, 2.45) is 11.8 Å². The zero-order valence-electron chi connectivity index (χ0n) is 9.57. The second kappa shape index (κ2) is 6.48. The van der Waals surface area contributed by atoms with Gasteiger partial charge < -0.3 is 15.2 Å². The average molecular weight is 229 g/mol. The van der Waals surface area contributed by atoms with E-state index in [1.807, 2.05) is 0 Å². The molecule has 1 fully saturated rings.